The van der Waals surface area contributed by atoms with Crippen molar-refractivity contribution in [2.45, 2.75) is 38.0 Å². The van der Waals surface area contributed by atoms with Crippen LogP contribution in [-0.4, -0.2) is 31.1 Å². The number of benzene rings is 2. The van der Waals surface area contributed by atoms with E-state index in [9.17, 15) is 9.59 Å². The Hall–Kier alpha value is -2.99. The summed E-state index contributed by atoms with van der Waals surface area (Å²) in [4.78, 5) is 25.2. The average Bonchev–Trinajstić information content (AvgIpc) is 2.78. The van der Waals surface area contributed by atoms with Crippen LogP contribution in [0.3, 0.4) is 0 Å². The first-order valence-corrected chi connectivity index (χ1v) is 10.7. The van der Waals surface area contributed by atoms with Gasteiger partial charge in [0.2, 0.25) is 5.91 Å². The number of carbonyl (C=O) groups is 2. The summed E-state index contributed by atoms with van der Waals surface area (Å²) in [6.45, 7) is 0.440. The lowest BCUT2D eigenvalue weighted by molar-refractivity contribution is -0.134. The van der Waals surface area contributed by atoms with Crippen LogP contribution in [0.2, 0.25) is 5.02 Å². The van der Waals surface area contributed by atoms with E-state index in [0.717, 1.165) is 16.9 Å². The summed E-state index contributed by atoms with van der Waals surface area (Å²) in [5, 5.41) is 6.62. The molecule has 0 aromatic heterocycles. The van der Waals surface area contributed by atoms with E-state index in [1.165, 1.54) is 0 Å². The highest BCUT2D eigenvalue weighted by atomic mass is 35.5. The fraction of sp³-hybridized carbons (Fsp3) is 0.333. The number of hydrogen-bond acceptors (Lipinski definition) is 4. The van der Waals surface area contributed by atoms with Gasteiger partial charge in [0.05, 0.1) is 13.2 Å². The van der Waals surface area contributed by atoms with Crippen LogP contribution in [0.5, 0.6) is 5.75 Å². The number of hydrogen-bond donors (Lipinski definition) is 2. The molecule has 31 heavy (non-hydrogen) atoms. The minimum atomic E-state index is -0.265. The van der Waals surface area contributed by atoms with Gasteiger partial charge < -0.3 is 20.1 Å². The monoisotopic (exact) mass is 440 g/mol. The molecule has 2 fully saturated rings. The van der Waals surface area contributed by atoms with Crippen LogP contribution in [0.25, 0.3) is 6.08 Å². The van der Waals surface area contributed by atoms with Gasteiger partial charge >= 0.3 is 0 Å². The summed E-state index contributed by atoms with van der Waals surface area (Å²) < 4.78 is 11.2. The van der Waals surface area contributed by atoms with E-state index in [2.05, 4.69) is 10.6 Å². The number of morpholine rings is 1. The lowest BCUT2D eigenvalue weighted by Gasteiger charge is -2.39. The maximum absolute atomic E-state index is 12.7. The van der Waals surface area contributed by atoms with Gasteiger partial charge in [-0.15, -0.1) is 0 Å². The van der Waals surface area contributed by atoms with Crippen LogP contribution in [0.1, 0.15) is 30.4 Å². The first-order chi connectivity index (χ1) is 15.0. The predicted molar refractivity (Wildman–Crippen MR) is 118 cm³/mol. The van der Waals surface area contributed by atoms with Crippen molar-refractivity contribution in [3.8, 4) is 5.75 Å². The molecule has 2 N–H and O–H groups in total. The van der Waals surface area contributed by atoms with Crippen molar-refractivity contribution in [3.63, 3.8) is 0 Å². The molecular weight excluding hydrogens is 416 g/mol. The normalized spacial score (nSPS) is 24.0. The van der Waals surface area contributed by atoms with Crippen LogP contribution >= 0.6 is 11.6 Å². The van der Waals surface area contributed by atoms with E-state index in [4.69, 9.17) is 21.1 Å². The highest BCUT2D eigenvalue weighted by Crippen LogP contribution is 2.32. The van der Waals surface area contributed by atoms with Gasteiger partial charge in [0.25, 0.3) is 5.91 Å². The van der Waals surface area contributed by atoms with Crippen molar-refractivity contribution < 1.29 is 19.1 Å². The average molecular weight is 441 g/mol. The van der Waals surface area contributed by atoms with Crippen molar-refractivity contribution in [2.24, 2.45) is 5.92 Å². The first-order valence-electron chi connectivity index (χ1n) is 10.4. The summed E-state index contributed by atoms with van der Waals surface area (Å²) in [6, 6.07) is 14.7. The fourth-order valence-electron chi connectivity index (χ4n) is 4.09. The molecule has 2 amide bonds. The fourth-order valence-corrected chi connectivity index (χ4v) is 4.29. The first kappa shape index (κ1) is 21.2. The number of ether oxygens (including phenoxy) is 2. The molecule has 1 heterocycles. The second-order valence-corrected chi connectivity index (χ2v) is 8.32. The number of halogens is 1. The van der Waals surface area contributed by atoms with Crippen LogP contribution in [0, 0.1) is 5.92 Å². The Morgan fingerprint density at radius 2 is 2.10 bits per heavy atom. The summed E-state index contributed by atoms with van der Waals surface area (Å²) in [5.41, 5.74) is 1.79. The van der Waals surface area contributed by atoms with Crippen molar-refractivity contribution in [2.75, 3.05) is 7.11 Å². The smallest absolute Gasteiger partial charge is 0.286 e. The minimum Gasteiger partial charge on any atom is -0.497 e. The molecule has 2 aliphatic rings. The quantitative estimate of drug-likeness (QED) is 0.695. The SMILES string of the molecule is COc1cccc(CNC(=O)C2CCC3O/C(=C\c4cccc(Cl)c4)C(=O)NC3C2)c1. The van der Waals surface area contributed by atoms with Gasteiger partial charge in [-0.25, -0.2) is 0 Å². The lowest BCUT2D eigenvalue weighted by atomic mass is 9.82. The number of nitrogens with one attached hydrogen (secondary N) is 2. The van der Waals surface area contributed by atoms with Crippen LogP contribution < -0.4 is 15.4 Å². The number of fused-ring (bicyclic) bond motifs is 1. The topological polar surface area (TPSA) is 76.7 Å². The molecule has 0 radical (unpaired) electrons. The third-order valence-electron chi connectivity index (χ3n) is 5.72. The summed E-state index contributed by atoms with van der Waals surface area (Å²) in [7, 11) is 1.62. The summed E-state index contributed by atoms with van der Waals surface area (Å²) >= 11 is 6.02. The van der Waals surface area contributed by atoms with E-state index in [1.807, 2.05) is 36.4 Å². The standard InChI is InChI=1S/C24H25ClN2O4/c1-30-19-7-3-5-16(11-19)14-26-23(28)17-8-9-21-20(13-17)27-24(29)22(31-21)12-15-4-2-6-18(25)10-15/h2-7,10-12,17,20-21H,8-9,13-14H2,1H3,(H,26,28)(H,27,29)/b22-12-. The van der Waals surface area contributed by atoms with Crippen molar-refractivity contribution in [1.82, 2.24) is 10.6 Å². The maximum atomic E-state index is 12.7. The van der Waals surface area contributed by atoms with Crippen LogP contribution in [0.4, 0.5) is 0 Å². The van der Waals surface area contributed by atoms with Gasteiger partial charge in [-0.1, -0.05) is 35.9 Å². The molecule has 0 spiro atoms. The second-order valence-electron chi connectivity index (χ2n) is 7.88. The molecule has 1 aliphatic carbocycles. The highest BCUT2D eigenvalue weighted by Gasteiger charge is 2.40. The molecule has 2 aromatic carbocycles. The molecule has 7 heteroatoms. The zero-order valence-corrected chi connectivity index (χ0v) is 18.0. The van der Waals surface area contributed by atoms with Crippen LogP contribution in [-0.2, 0) is 20.9 Å². The Morgan fingerprint density at radius 3 is 2.90 bits per heavy atom. The van der Waals surface area contributed by atoms with Gasteiger partial charge in [-0.05, 0) is 60.7 Å². The maximum Gasteiger partial charge on any atom is 0.286 e. The Bertz CT molecular complexity index is 1010. The van der Waals surface area contributed by atoms with Gasteiger partial charge in [0, 0.05) is 17.5 Å². The number of rotatable bonds is 5. The zero-order chi connectivity index (χ0) is 21.8. The highest BCUT2D eigenvalue weighted by molar-refractivity contribution is 6.30. The Morgan fingerprint density at radius 1 is 1.26 bits per heavy atom. The molecule has 3 unspecified atom stereocenters. The van der Waals surface area contributed by atoms with E-state index >= 15 is 0 Å². The van der Waals surface area contributed by atoms with E-state index in [1.54, 1.807) is 25.3 Å². The molecule has 1 saturated carbocycles. The molecule has 0 bridgehead atoms. The number of methoxy groups -OCH3 is 1. The van der Waals surface area contributed by atoms with Crippen molar-refractivity contribution >= 4 is 29.5 Å². The summed E-state index contributed by atoms with van der Waals surface area (Å²) in [6.07, 6.45) is 3.54. The molecule has 6 nitrogen and oxygen atoms in total. The lowest BCUT2D eigenvalue weighted by Crippen LogP contribution is -2.54. The largest absolute Gasteiger partial charge is 0.497 e. The molecule has 2 aromatic rings. The number of carbonyl (C=O) groups excluding carboxylic acids is 2. The minimum absolute atomic E-state index is 0.00390. The van der Waals surface area contributed by atoms with Gasteiger partial charge in [0.15, 0.2) is 5.76 Å². The van der Waals surface area contributed by atoms with Crippen LogP contribution in [0.15, 0.2) is 54.3 Å². The number of amides is 2. The molecule has 1 aliphatic heterocycles. The third kappa shape index (κ3) is 5.20. The second kappa shape index (κ2) is 9.43. The molecule has 162 valence electrons. The van der Waals surface area contributed by atoms with Crippen molar-refractivity contribution in [1.29, 1.82) is 0 Å². The Kier molecular flexibility index (Phi) is 6.47. The van der Waals surface area contributed by atoms with Crippen molar-refractivity contribution in [3.05, 3.63) is 70.4 Å². The Labute approximate surface area is 186 Å². The van der Waals surface area contributed by atoms with Gasteiger partial charge in [-0.3, -0.25) is 9.59 Å². The predicted octanol–water partition coefficient (Wildman–Crippen LogP) is 3.69. The Balaban J connectivity index is 1.34. The van der Waals surface area contributed by atoms with Gasteiger partial charge in [-0.2, -0.15) is 0 Å². The van der Waals surface area contributed by atoms with Gasteiger partial charge in [0.1, 0.15) is 11.9 Å². The molecule has 3 atom stereocenters. The summed E-state index contributed by atoms with van der Waals surface area (Å²) in [5.74, 6) is 0.615. The molecule has 4 rings (SSSR count). The van der Waals surface area contributed by atoms with E-state index in [0.29, 0.717) is 30.8 Å². The third-order valence-corrected chi connectivity index (χ3v) is 5.96. The van der Waals surface area contributed by atoms with E-state index < -0.39 is 0 Å². The molecule has 1 saturated heterocycles. The van der Waals surface area contributed by atoms with E-state index in [-0.39, 0.29) is 35.6 Å². The zero-order valence-electron chi connectivity index (χ0n) is 17.3. The molecular formula is C24H25ClN2O4.